The molecule has 2 heterocycles. The van der Waals surface area contributed by atoms with E-state index in [1.54, 1.807) is 17.0 Å². The van der Waals surface area contributed by atoms with Gasteiger partial charge in [0.25, 0.3) is 11.5 Å². The molecule has 3 rings (SSSR count). The highest BCUT2D eigenvalue weighted by Gasteiger charge is 2.40. The Hall–Kier alpha value is -2.58. The second kappa shape index (κ2) is 7.21. The first-order chi connectivity index (χ1) is 12.7. The van der Waals surface area contributed by atoms with E-state index >= 15 is 0 Å². The number of ether oxygens (including phenoxy) is 2. The number of amides is 1. The molecular weight excluding hydrogens is 374 g/mol. The molecule has 144 valence electrons. The third kappa shape index (κ3) is 3.77. The van der Waals surface area contributed by atoms with Gasteiger partial charge in [0.15, 0.2) is 5.69 Å². The Kier molecular flexibility index (Phi) is 5.12. The number of aromatic amines is 2. The number of hydrogen-bond acceptors (Lipinski definition) is 5. The van der Waals surface area contributed by atoms with Gasteiger partial charge < -0.3 is 14.4 Å². The number of hydrogen-bond donors (Lipinski definition) is 2. The SMILES string of the molecule is COc1c(C(=O)N2CC(c3cccc(Cl)c3)OCC2(C)C)[nH]c(=O)[nH]c1=O. The highest BCUT2D eigenvalue weighted by Crippen LogP contribution is 2.32. The van der Waals surface area contributed by atoms with Gasteiger partial charge in [0, 0.05) is 5.02 Å². The van der Waals surface area contributed by atoms with Gasteiger partial charge in [-0.05, 0) is 31.5 Å². The normalized spacial score (nSPS) is 19.0. The van der Waals surface area contributed by atoms with Gasteiger partial charge >= 0.3 is 5.69 Å². The van der Waals surface area contributed by atoms with Crippen LogP contribution in [-0.4, -0.2) is 46.6 Å². The smallest absolute Gasteiger partial charge is 0.326 e. The van der Waals surface area contributed by atoms with E-state index in [1.165, 1.54) is 7.11 Å². The molecule has 2 aromatic rings. The fraction of sp³-hybridized carbons (Fsp3) is 0.389. The molecule has 0 saturated carbocycles. The summed E-state index contributed by atoms with van der Waals surface area (Å²) >= 11 is 6.06. The van der Waals surface area contributed by atoms with Crippen LogP contribution in [0.2, 0.25) is 5.02 Å². The summed E-state index contributed by atoms with van der Waals surface area (Å²) in [7, 11) is 1.26. The highest BCUT2D eigenvalue weighted by molar-refractivity contribution is 6.30. The van der Waals surface area contributed by atoms with Crippen LogP contribution >= 0.6 is 11.6 Å². The summed E-state index contributed by atoms with van der Waals surface area (Å²) in [6.07, 6.45) is -0.389. The molecule has 1 aliphatic heterocycles. The van der Waals surface area contributed by atoms with Crippen molar-refractivity contribution in [2.24, 2.45) is 0 Å². The van der Waals surface area contributed by atoms with Crippen molar-refractivity contribution in [1.29, 1.82) is 0 Å². The van der Waals surface area contributed by atoms with Crippen molar-refractivity contribution in [1.82, 2.24) is 14.9 Å². The fourth-order valence-corrected chi connectivity index (χ4v) is 3.27. The van der Waals surface area contributed by atoms with Crippen molar-refractivity contribution in [3.8, 4) is 5.75 Å². The van der Waals surface area contributed by atoms with E-state index in [4.69, 9.17) is 21.1 Å². The van der Waals surface area contributed by atoms with Crippen LogP contribution in [0.25, 0.3) is 0 Å². The lowest BCUT2D eigenvalue weighted by Gasteiger charge is -2.45. The van der Waals surface area contributed by atoms with Crippen LogP contribution in [0.1, 0.15) is 36.0 Å². The molecular formula is C18H20ClN3O5. The molecule has 8 nitrogen and oxygen atoms in total. The maximum Gasteiger partial charge on any atom is 0.326 e. The van der Waals surface area contributed by atoms with E-state index in [-0.39, 0.29) is 30.7 Å². The van der Waals surface area contributed by atoms with Gasteiger partial charge in [0.2, 0.25) is 5.75 Å². The molecule has 1 aromatic carbocycles. The molecule has 1 saturated heterocycles. The zero-order valence-corrected chi connectivity index (χ0v) is 15.9. The van der Waals surface area contributed by atoms with Gasteiger partial charge in [-0.1, -0.05) is 23.7 Å². The zero-order chi connectivity index (χ0) is 19.8. The molecule has 0 spiro atoms. The molecule has 1 aliphatic rings. The van der Waals surface area contributed by atoms with E-state index in [0.29, 0.717) is 5.02 Å². The first-order valence-corrected chi connectivity index (χ1v) is 8.70. The number of nitrogens with zero attached hydrogens (tertiary/aromatic N) is 1. The largest absolute Gasteiger partial charge is 0.489 e. The monoisotopic (exact) mass is 393 g/mol. The number of rotatable bonds is 3. The van der Waals surface area contributed by atoms with Gasteiger partial charge in [0.1, 0.15) is 6.10 Å². The summed E-state index contributed by atoms with van der Waals surface area (Å²) in [5, 5.41) is 0.569. The standard InChI is InChI=1S/C18H20ClN3O5/c1-18(2)9-27-12(10-5-4-6-11(19)7-10)8-22(18)16(24)13-14(26-3)15(23)21-17(25)20-13/h4-7,12H,8-9H2,1-3H3,(H2,20,21,23,25). The third-order valence-electron chi connectivity index (χ3n) is 4.50. The van der Waals surface area contributed by atoms with E-state index in [9.17, 15) is 14.4 Å². The van der Waals surface area contributed by atoms with Crippen LogP contribution in [-0.2, 0) is 4.74 Å². The lowest BCUT2D eigenvalue weighted by Crippen LogP contribution is -2.56. The molecule has 1 atom stereocenters. The number of methoxy groups -OCH3 is 1. The molecule has 0 radical (unpaired) electrons. The van der Waals surface area contributed by atoms with E-state index in [1.807, 2.05) is 31.0 Å². The number of carbonyl (C=O) groups is 1. The van der Waals surface area contributed by atoms with Crippen molar-refractivity contribution in [3.05, 3.63) is 61.4 Å². The average molecular weight is 394 g/mol. The zero-order valence-electron chi connectivity index (χ0n) is 15.2. The molecule has 1 fully saturated rings. The Morgan fingerprint density at radius 1 is 1.33 bits per heavy atom. The maximum absolute atomic E-state index is 13.2. The van der Waals surface area contributed by atoms with Crippen LogP contribution in [0, 0.1) is 0 Å². The summed E-state index contributed by atoms with van der Waals surface area (Å²) < 4.78 is 11.0. The highest BCUT2D eigenvalue weighted by atomic mass is 35.5. The lowest BCUT2D eigenvalue weighted by molar-refractivity contribution is -0.0849. The van der Waals surface area contributed by atoms with Crippen LogP contribution in [0.4, 0.5) is 0 Å². The first-order valence-electron chi connectivity index (χ1n) is 8.32. The van der Waals surface area contributed by atoms with Gasteiger partial charge in [-0.25, -0.2) is 4.79 Å². The Balaban J connectivity index is 1.99. The first kappa shape index (κ1) is 19.2. The number of H-pyrrole nitrogens is 2. The van der Waals surface area contributed by atoms with Crippen molar-refractivity contribution in [3.63, 3.8) is 0 Å². The minimum atomic E-state index is -0.776. The predicted molar refractivity (Wildman–Crippen MR) is 99.5 cm³/mol. The fourth-order valence-electron chi connectivity index (χ4n) is 3.07. The van der Waals surface area contributed by atoms with E-state index < -0.39 is 22.7 Å². The minimum Gasteiger partial charge on any atom is -0.489 e. The molecule has 27 heavy (non-hydrogen) atoms. The number of halogens is 1. The lowest BCUT2D eigenvalue weighted by atomic mass is 9.97. The summed E-state index contributed by atoms with van der Waals surface area (Å²) in [5.41, 5.74) is -1.55. The van der Waals surface area contributed by atoms with Crippen LogP contribution in [0.15, 0.2) is 33.9 Å². The van der Waals surface area contributed by atoms with Gasteiger partial charge in [-0.15, -0.1) is 0 Å². The van der Waals surface area contributed by atoms with E-state index in [2.05, 4.69) is 4.98 Å². The Morgan fingerprint density at radius 2 is 2.07 bits per heavy atom. The summed E-state index contributed by atoms with van der Waals surface area (Å²) in [5.74, 6) is -0.753. The van der Waals surface area contributed by atoms with Crippen LogP contribution < -0.4 is 16.0 Å². The minimum absolute atomic E-state index is 0.189. The van der Waals surface area contributed by atoms with Gasteiger partial charge in [-0.3, -0.25) is 19.6 Å². The number of benzene rings is 1. The second-order valence-electron chi connectivity index (χ2n) is 6.90. The van der Waals surface area contributed by atoms with Crippen molar-refractivity contribution in [2.75, 3.05) is 20.3 Å². The Morgan fingerprint density at radius 3 is 2.74 bits per heavy atom. The van der Waals surface area contributed by atoms with Crippen LogP contribution in [0.5, 0.6) is 5.75 Å². The quantitative estimate of drug-likeness (QED) is 0.826. The Bertz CT molecular complexity index is 981. The molecule has 1 amide bonds. The Labute approximate surface area is 160 Å². The van der Waals surface area contributed by atoms with Crippen molar-refractivity contribution >= 4 is 17.5 Å². The third-order valence-corrected chi connectivity index (χ3v) is 4.73. The maximum atomic E-state index is 13.2. The van der Waals surface area contributed by atoms with Crippen molar-refractivity contribution in [2.45, 2.75) is 25.5 Å². The summed E-state index contributed by atoms with van der Waals surface area (Å²) in [4.78, 5) is 42.8. The molecule has 1 aromatic heterocycles. The number of morpholine rings is 1. The van der Waals surface area contributed by atoms with E-state index in [0.717, 1.165) is 5.56 Å². The van der Waals surface area contributed by atoms with Gasteiger partial charge in [-0.2, -0.15) is 0 Å². The molecule has 0 aliphatic carbocycles. The summed E-state index contributed by atoms with van der Waals surface area (Å²) in [6, 6.07) is 7.22. The van der Waals surface area contributed by atoms with Crippen LogP contribution in [0.3, 0.4) is 0 Å². The molecule has 1 unspecified atom stereocenters. The molecule has 0 bridgehead atoms. The topological polar surface area (TPSA) is 104 Å². The number of aromatic nitrogens is 2. The average Bonchev–Trinajstić information content (AvgIpc) is 2.60. The van der Waals surface area contributed by atoms with Gasteiger partial charge in [0.05, 0.1) is 25.8 Å². The summed E-state index contributed by atoms with van der Waals surface area (Å²) in [6.45, 7) is 4.18. The number of nitrogens with one attached hydrogen (secondary N) is 2. The second-order valence-corrected chi connectivity index (χ2v) is 7.34. The number of carbonyl (C=O) groups excluding carboxylic acids is 1. The predicted octanol–water partition coefficient (Wildman–Crippen LogP) is 1.72. The molecule has 2 N–H and O–H groups in total. The van der Waals surface area contributed by atoms with Crippen molar-refractivity contribution < 1.29 is 14.3 Å². The molecule has 9 heteroatoms.